The van der Waals surface area contributed by atoms with Crippen LogP contribution in [0.25, 0.3) is 0 Å². The fraction of sp³-hybridized carbons (Fsp3) is 0.636. The average molecular weight is 307 g/mol. The number of nitrogens with one attached hydrogen (secondary N) is 2. The molecule has 5 heteroatoms. The molecule has 2 heterocycles. The lowest BCUT2D eigenvalue weighted by atomic mass is 10.3. The van der Waals surface area contributed by atoms with Gasteiger partial charge in [-0.2, -0.15) is 0 Å². The highest BCUT2D eigenvalue weighted by molar-refractivity contribution is 9.11. The van der Waals surface area contributed by atoms with Crippen molar-refractivity contribution in [3.63, 3.8) is 0 Å². The van der Waals surface area contributed by atoms with Gasteiger partial charge in [0.1, 0.15) is 39.3 Å². The van der Waals surface area contributed by atoms with E-state index < -0.39 is 0 Å². The van der Waals surface area contributed by atoms with Crippen LogP contribution in [-0.4, -0.2) is 44.4 Å². The summed E-state index contributed by atoms with van der Waals surface area (Å²) >= 11 is 5.35. The molecule has 0 aliphatic carbocycles. The molecule has 0 unspecified atom stereocenters. The lowest BCUT2D eigenvalue weighted by Crippen LogP contribution is -3.27. The Labute approximate surface area is 109 Å². The fourth-order valence-corrected chi connectivity index (χ4v) is 3.79. The van der Waals surface area contributed by atoms with E-state index in [0.717, 1.165) is 13.1 Å². The summed E-state index contributed by atoms with van der Waals surface area (Å²) in [5.74, 6) is 0. The number of hydrogen-bond donors (Lipinski definition) is 3. The highest BCUT2D eigenvalue weighted by Gasteiger charge is 2.22. The first-order valence-electron chi connectivity index (χ1n) is 5.80. The van der Waals surface area contributed by atoms with Crippen LogP contribution < -0.4 is 9.80 Å². The van der Waals surface area contributed by atoms with Crippen molar-refractivity contribution in [3.05, 3.63) is 20.8 Å². The Hall–Kier alpha value is 0.0600. The molecule has 0 atom stereocenters. The Morgan fingerprint density at radius 3 is 2.44 bits per heavy atom. The van der Waals surface area contributed by atoms with Gasteiger partial charge in [-0.15, -0.1) is 11.3 Å². The van der Waals surface area contributed by atoms with Gasteiger partial charge in [-0.1, -0.05) is 0 Å². The highest BCUT2D eigenvalue weighted by atomic mass is 79.9. The summed E-state index contributed by atoms with van der Waals surface area (Å²) in [5, 5.41) is 8.89. The SMILES string of the molecule is OCC[NH+]1CC[NH+](Cc2ccc(Br)s2)CC1. The Bertz CT molecular complexity index is 324. The molecule has 1 saturated heterocycles. The molecule has 0 spiro atoms. The molecule has 1 aliphatic rings. The van der Waals surface area contributed by atoms with E-state index in [1.165, 1.54) is 34.8 Å². The number of thiophene rings is 1. The van der Waals surface area contributed by atoms with E-state index in [4.69, 9.17) is 5.11 Å². The molecular formula is C11H19BrN2OS+2. The molecule has 0 amide bonds. The number of piperazine rings is 1. The van der Waals surface area contributed by atoms with Gasteiger partial charge in [-0.05, 0) is 28.1 Å². The van der Waals surface area contributed by atoms with E-state index in [0.29, 0.717) is 6.61 Å². The normalized spacial score (nSPS) is 25.9. The number of hydrogen-bond acceptors (Lipinski definition) is 2. The zero-order valence-corrected chi connectivity index (χ0v) is 11.7. The van der Waals surface area contributed by atoms with Crippen LogP contribution in [0.1, 0.15) is 4.88 Å². The van der Waals surface area contributed by atoms with Crippen LogP contribution in [0.2, 0.25) is 0 Å². The number of quaternary nitrogens is 2. The van der Waals surface area contributed by atoms with Crippen LogP contribution in [0.4, 0.5) is 0 Å². The van der Waals surface area contributed by atoms with Crippen molar-refractivity contribution in [2.45, 2.75) is 6.54 Å². The first-order chi connectivity index (χ1) is 7.78. The summed E-state index contributed by atoms with van der Waals surface area (Å²) in [6, 6.07) is 4.35. The monoisotopic (exact) mass is 306 g/mol. The van der Waals surface area contributed by atoms with E-state index in [1.807, 2.05) is 11.3 Å². The van der Waals surface area contributed by atoms with Gasteiger partial charge >= 0.3 is 0 Å². The third-order valence-corrected chi connectivity index (χ3v) is 4.81. The largest absolute Gasteiger partial charge is 0.391 e. The molecule has 1 aromatic heterocycles. The topological polar surface area (TPSA) is 29.1 Å². The molecule has 3 nitrogen and oxygen atoms in total. The molecule has 1 fully saturated rings. The lowest BCUT2D eigenvalue weighted by Gasteiger charge is -2.28. The Morgan fingerprint density at radius 1 is 1.19 bits per heavy atom. The van der Waals surface area contributed by atoms with Crippen molar-refractivity contribution >= 4 is 27.3 Å². The average Bonchev–Trinajstić information content (AvgIpc) is 2.67. The summed E-state index contributed by atoms with van der Waals surface area (Å²) in [7, 11) is 0. The minimum absolute atomic E-state index is 0.322. The maximum Gasteiger partial charge on any atom is 0.127 e. The van der Waals surface area contributed by atoms with Gasteiger partial charge < -0.3 is 14.9 Å². The summed E-state index contributed by atoms with van der Waals surface area (Å²) in [6.07, 6.45) is 0. The number of aliphatic hydroxyl groups is 1. The van der Waals surface area contributed by atoms with E-state index >= 15 is 0 Å². The van der Waals surface area contributed by atoms with E-state index in [-0.39, 0.29) is 0 Å². The molecular weight excluding hydrogens is 288 g/mol. The van der Waals surface area contributed by atoms with Crippen molar-refractivity contribution in [1.82, 2.24) is 0 Å². The molecule has 0 bridgehead atoms. The van der Waals surface area contributed by atoms with Crippen molar-refractivity contribution in [1.29, 1.82) is 0 Å². The molecule has 2 rings (SSSR count). The van der Waals surface area contributed by atoms with Gasteiger partial charge in [0.25, 0.3) is 0 Å². The Morgan fingerprint density at radius 2 is 1.88 bits per heavy atom. The molecule has 90 valence electrons. The predicted octanol–water partition coefficient (Wildman–Crippen LogP) is -1.21. The van der Waals surface area contributed by atoms with Crippen molar-refractivity contribution in [2.75, 3.05) is 39.3 Å². The van der Waals surface area contributed by atoms with Gasteiger partial charge in [-0.25, -0.2) is 0 Å². The first kappa shape index (κ1) is 12.5. The first-order valence-corrected chi connectivity index (χ1v) is 7.41. The molecule has 0 aromatic carbocycles. The standard InChI is InChI=1S/C11H17BrN2OS/c12-11-2-1-10(16-11)9-14-5-3-13(4-6-14)7-8-15/h1-2,15H,3-9H2/p+2. The van der Waals surface area contributed by atoms with Gasteiger partial charge in [0.2, 0.25) is 0 Å². The van der Waals surface area contributed by atoms with Gasteiger partial charge in [0.05, 0.1) is 15.3 Å². The zero-order chi connectivity index (χ0) is 11.4. The molecule has 16 heavy (non-hydrogen) atoms. The fourth-order valence-electron chi connectivity index (χ4n) is 2.24. The molecule has 1 aromatic rings. The molecule has 1 aliphatic heterocycles. The second-order valence-electron chi connectivity index (χ2n) is 4.36. The molecule has 3 N–H and O–H groups in total. The number of aliphatic hydroxyl groups excluding tert-OH is 1. The summed E-state index contributed by atoms with van der Waals surface area (Å²) < 4.78 is 1.23. The van der Waals surface area contributed by atoms with Crippen molar-refractivity contribution in [3.8, 4) is 0 Å². The highest BCUT2D eigenvalue weighted by Crippen LogP contribution is 2.21. The van der Waals surface area contributed by atoms with Crippen LogP contribution >= 0.6 is 27.3 Å². The van der Waals surface area contributed by atoms with Crippen molar-refractivity contribution in [2.24, 2.45) is 0 Å². The minimum Gasteiger partial charge on any atom is -0.391 e. The predicted molar refractivity (Wildman–Crippen MR) is 69.1 cm³/mol. The maximum atomic E-state index is 8.89. The summed E-state index contributed by atoms with van der Waals surface area (Å²) in [4.78, 5) is 4.70. The minimum atomic E-state index is 0.322. The zero-order valence-electron chi connectivity index (χ0n) is 9.34. The summed E-state index contributed by atoms with van der Waals surface area (Å²) in [5.41, 5.74) is 0. The van der Waals surface area contributed by atoms with Crippen LogP contribution in [0.15, 0.2) is 15.9 Å². The smallest absolute Gasteiger partial charge is 0.127 e. The third-order valence-electron chi connectivity index (χ3n) is 3.18. The third kappa shape index (κ3) is 3.53. The van der Waals surface area contributed by atoms with Gasteiger partial charge in [-0.3, -0.25) is 0 Å². The number of halogens is 1. The van der Waals surface area contributed by atoms with Crippen LogP contribution in [0.5, 0.6) is 0 Å². The lowest BCUT2D eigenvalue weighted by molar-refractivity contribution is -1.02. The Balaban J connectivity index is 1.77. The summed E-state index contributed by atoms with van der Waals surface area (Å²) in [6.45, 7) is 7.24. The second kappa shape index (κ2) is 6.12. The second-order valence-corrected chi connectivity index (χ2v) is 6.90. The van der Waals surface area contributed by atoms with Crippen molar-refractivity contribution < 1.29 is 14.9 Å². The Kier molecular flexibility index (Phi) is 4.79. The van der Waals surface area contributed by atoms with Gasteiger partial charge in [0, 0.05) is 0 Å². The molecule has 0 radical (unpaired) electrons. The van der Waals surface area contributed by atoms with E-state index in [2.05, 4.69) is 28.1 Å². The van der Waals surface area contributed by atoms with Gasteiger partial charge in [0.15, 0.2) is 0 Å². The van der Waals surface area contributed by atoms with Crippen LogP contribution in [0, 0.1) is 0 Å². The quantitative estimate of drug-likeness (QED) is 0.640. The number of rotatable bonds is 4. The van der Waals surface area contributed by atoms with E-state index in [9.17, 15) is 0 Å². The van der Waals surface area contributed by atoms with E-state index in [1.54, 1.807) is 9.80 Å². The maximum absolute atomic E-state index is 8.89. The van der Waals surface area contributed by atoms with Crippen LogP contribution in [0.3, 0.4) is 0 Å². The van der Waals surface area contributed by atoms with Crippen LogP contribution in [-0.2, 0) is 6.54 Å². The molecule has 0 saturated carbocycles.